The summed E-state index contributed by atoms with van der Waals surface area (Å²) >= 11 is 0. The van der Waals surface area contributed by atoms with Crippen molar-refractivity contribution in [1.82, 2.24) is 4.98 Å². The second-order valence-electron chi connectivity index (χ2n) is 4.88. The van der Waals surface area contributed by atoms with Gasteiger partial charge in [0, 0.05) is 17.1 Å². The van der Waals surface area contributed by atoms with Crippen LogP contribution in [0.1, 0.15) is 17.2 Å². The Morgan fingerprint density at radius 2 is 1.76 bits per heavy atom. The molecule has 21 heavy (non-hydrogen) atoms. The largest absolute Gasteiger partial charge is 0.493 e. The van der Waals surface area contributed by atoms with Crippen LogP contribution in [-0.2, 0) is 0 Å². The van der Waals surface area contributed by atoms with Gasteiger partial charge in [0.05, 0.1) is 20.3 Å². The van der Waals surface area contributed by atoms with Crippen LogP contribution < -0.4 is 15.2 Å². The normalized spacial score (nSPS) is 12.3. The van der Waals surface area contributed by atoms with E-state index in [1.54, 1.807) is 14.2 Å². The molecule has 0 aliphatic heterocycles. The van der Waals surface area contributed by atoms with Crippen molar-refractivity contribution < 1.29 is 9.47 Å². The van der Waals surface area contributed by atoms with E-state index in [2.05, 4.69) is 11.1 Å². The van der Waals surface area contributed by atoms with Crippen molar-refractivity contribution in [2.24, 2.45) is 5.73 Å². The van der Waals surface area contributed by atoms with E-state index in [0.717, 1.165) is 22.0 Å². The molecule has 0 radical (unpaired) electrons. The molecule has 0 aliphatic carbocycles. The molecule has 0 fully saturated rings. The van der Waals surface area contributed by atoms with Gasteiger partial charge in [-0.1, -0.05) is 24.3 Å². The van der Waals surface area contributed by atoms with Crippen LogP contribution in [0.5, 0.6) is 11.5 Å². The number of ether oxygens (including phenoxy) is 2. The van der Waals surface area contributed by atoms with Gasteiger partial charge in [0.25, 0.3) is 0 Å². The lowest BCUT2D eigenvalue weighted by Crippen LogP contribution is -2.11. The number of para-hydroxylation sites is 1. The molecule has 1 heterocycles. The van der Waals surface area contributed by atoms with Gasteiger partial charge in [-0.15, -0.1) is 0 Å². The average molecular weight is 282 g/mol. The van der Waals surface area contributed by atoms with Gasteiger partial charge < -0.3 is 20.2 Å². The number of H-pyrrole nitrogens is 1. The number of hydrogen-bond donors (Lipinski definition) is 2. The summed E-state index contributed by atoms with van der Waals surface area (Å²) in [5.74, 6) is 1.39. The number of aromatic amines is 1. The lowest BCUT2D eigenvalue weighted by atomic mass is 9.98. The van der Waals surface area contributed by atoms with Gasteiger partial charge in [0.1, 0.15) is 0 Å². The number of benzene rings is 2. The van der Waals surface area contributed by atoms with E-state index in [1.165, 1.54) is 0 Å². The number of nitrogens with two attached hydrogens (primary N) is 1. The standard InChI is InChI=1S/C17H18N2O2/c1-20-15-8-7-11(9-16(15)21-2)17(18)13-10-19-14-6-4-3-5-12(13)14/h3-10,17,19H,18H2,1-2H3. The molecule has 0 aliphatic rings. The summed E-state index contributed by atoms with van der Waals surface area (Å²) in [7, 11) is 3.25. The van der Waals surface area contributed by atoms with Crippen molar-refractivity contribution >= 4 is 10.9 Å². The number of methoxy groups -OCH3 is 2. The van der Waals surface area contributed by atoms with Crippen LogP contribution in [0.25, 0.3) is 10.9 Å². The van der Waals surface area contributed by atoms with Crippen LogP contribution in [0, 0.1) is 0 Å². The summed E-state index contributed by atoms with van der Waals surface area (Å²) in [5.41, 5.74) is 9.56. The molecule has 1 aromatic heterocycles. The Morgan fingerprint density at radius 1 is 1.00 bits per heavy atom. The second kappa shape index (κ2) is 5.50. The summed E-state index contributed by atoms with van der Waals surface area (Å²) in [5, 5.41) is 1.14. The highest BCUT2D eigenvalue weighted by Gasteiger charge is 2.15. The number of rotatable bonds is 4. The molecule has 0 amide bonds. The average Bonchev–Trinajstić information content (AvgIpc) is 2.97. The molecule has 0 saturated carbocycles. The quantitative estimate of drug-likeness (QED) is 0.772. The third-order valence-electron chi connectivity index (χ3n) is 3.72. The molecule has 2 aromatic carbocycles. The third kappa shape index (κ3) is 2.34. The second-order valence-corrected chi connectivity index (χ2v) is 4.88. The first kappa shape index (κ1) is 13.5. The minimum Gasteiger partial charge on any atom is -0.493 e. The lowest BCUT2D eigenvalue weighted by molar-refractivity contribution is 0.354. The topological polar surface area (TPSA) is 60.3 Å². The van der Waals surface area contributed by atoms with Crippen molar-refractivity contribution in [3.8, 4) is 11.5 Å². The zero-order valence-corrected chi connectivity index (χ0v) is 12.1. The van der Waals surface area contributed by atoms with Gasteiger partial charge >= 0.3 is 0 Å². The lowest BCUT2D eigenvalue weighted by Gasteiger charge is -2.14. The van der Waals surface area contributed by atoms with E-state index in [4.69, 9.17) is 15.2 Å². The molecule has 0 spiro atoms. The van der Waals surface area contributed by atoms with Crippen molar-refractivity contribution in [2.45, 2.75) is 6.04 Å². The highest BCUT2D eigenvalue weighted by atomic mass is 16.5. The Morgan fingerprint density at radius 3 is 2.52 bits per heavy atom. The molecule has 4 heteroatoms. The number of aromatic nitrogens is 1. The minimum atomic E-state index is -0.221. The van der Waals surface area contributed by atoms with E-state index in [-0.39, 0.29) is 6.04 Å². The van der Waals surface area contributed by atoms with Crippen LogP contribution in [0.2, 0.25) is 0 Å². The summed E-state index contributed by atoms with van der Waals surface area (Å²) in [6, 6.07) is 13.7. The molecule has 0 bridgehead atoms. The van der Waals surface area contributed by atoms with Gasteiger partial charge in [-0.25, -0.2) is 0 Å². The molecule has 3 rings (SSSR count). The van der Waals surface area contributed by atoms with Crippen molar-refractivity contribution in [3.63, 3.8) is 0 Å². The summed E-state index contributed by atoms with van der Waals surface area (Å²) in [6.45, 7) is 0. The molecular formula is C17H18N2O2. The molecular weight excluding hydrogens is 264 g/mol. The molecule has 1 atom stereocenters. The summed E-state index contributed by atoms with van der Waals surface area (Å²) in [6.07, 6.45) is 1.96. The van der Waals surface area contributed by atoms with E-state index in [1.807, 2.05) is 42.6 Å². The third-order valence-corrected chi connectivity index (χ3v) is 3.72. The molecule has 4 nitrogen and oxygen atoms in total. The SMILES string of the molecule is COc1ccc(C(N)c2c[nH]c3ccccc23)cc1OC. The van der Waals surface area contributed by atoms with E-state index < -0.39 is 0 Å². The van der Waals surface area contributed by atoms with E-state index >= 15 is 0 Å². The first-order valence-electron chi connectivity index (χ1n) is 6.78. The van der Waals surface area contributed by atoms with Crippen LogP contribution in [0.15, 0.2) is 48.7 Å². The highest BCUT2D eigenvalue weighted by Crippen LogP contribution is 2.33. The van der Waals surface area contributed by atoms with Crippen molar-refractivity contribution in [3.05, 3.63) is 59.8 Å². The highest BCUT2D eigenvalue weighted by molar-refractivity contribution is 5.84. The van der Waals surface area contributed by atoms with Crippen LogP contribution in [-0.4, -0.2) is 19.2 Å². The monoisotopic (exact) mass is 282 g/mol. The first-order valence-corrected chi connectivity index (χ1v) is 6.78. The van der Waals surface area contributed by atoms with Crippen LogP contribution in [0.3, 0.4) is 0 Å². The van der Waals surface area contributed by atoms with E-state index in [0.29, 0.717) is 11.5 Å². The molecule has 108 valence electrons. The van der Waals surface area contributed by atoms with Crippen molar-refractivity contribution in [2.75, 3.05) is 14.2 Å². The molecule has 3 N–H and O–H groups in total. The maximum absolute atomic E-state index is 6.43. The maximum Gasteiger partial charge on any atom is 0.161 e. The summed E-state index contributed by atoms with van der Waals surface area (Å²) < 4.78 is 10.6. The number of fused-ring (bicyclic) bond motifs is 1. The fraction of sp³-hybridized carbons (Fsp3) is 0.176. The minimum absolute atomic E-state index is 0.221. The molecule has 1 unspecified atom stereocenters. The molecule has 3 aromatic rings. The Bertz CT molecular complexity index is 764. The predicted octanol–water partition coefficient (Wildman–Crippen LogP) is 3.23. The molecule has 0 saturated heterocycles. The maximum atomic E-state index is 6.43. The Kier molecular flexibility index (Phi) is 3.54. The van der Waals surface area contributed by atoms with Gasteiger partial charge in [-0.3, -0.25) is 0 Å². The Balaban J connectivity index is 2.04. The van der Waals surface area contributed by atoms with Crippen LogP contribution >= 0.6 is 0 Å². The zero-order valence-electron chi connectivity index (χ0n) is 12.1. The zero-order chi connectivity index (χ0) is 14.8. The smallest absolute Gasteiger partial charge is 0.161 e. The summed E-state index contributed by atoms with van der Waals surface area (Å²) in [4.78, 5) is 3.25. The van der Waals surface area contributed by atoms with Crippen molar-refractivity contribution in [1.29, 1.82) is 0 Å². The number of hydrogen-bond acceptors (Lipinski definition) is 3. The van der Waals surface area contributed by atoms with Crippen LogP contribution in [0.4, 0.5) is 0 Å². The Hall–Kier alpha value is -2.46. The fourth-order valence-corrected chi connectivity index (χ4v) is 2.58. The Labute approximate surface area is 123 Å². The fourth-order valence-electron chi connectivity index (χ4n) is 2.58. The van der Waals surface area contributed by atoms with Gasteiger partial charge in [-0.05, 0) is 29.3 Å². The van der Waals surface area contributed by atoms with E-state index in [9.17, 15) is 0 Å². The van der Waals surface area contributed by atoms with Gasteiger partial charge in [0.15, 0.2) is 11.5 Å². The number of nitrogens with one attached hydrogen (secondary N) is 1. The van der Waals surface area contributed by atoms with Gasteiger partial charge in [-0.2, -0.15) is 0 Å². The first-order chi connectivity index (χ1) is 10.2. The van der Waals surface area contributed by atoms with Gasteiger partial charge in [0.2, 0.25) is 0 Å². The predicted molar refractivity (Wildman–Crippen MR) is 83.9 cm³/mol.